The van der Waals surface area contributed by atoms with Crippen LogP contribution < -0.4 is 16.0 Å². The number of nitrogen functional groups attached to an aromatic ring is 1. The predicted octanol–water partition coefficient (Wildman–Crippen LogP) is 1.15. The van der Waals surface area contributed by atoms with Crippen LogP contribution in [0.2, 0.25) is 0 Å². The third-order valence-corrected chi connectivity index (χ3v) is 2.11. The van der Waals surface area contributed by atoms with Crippen LogP contribution >= 0.6 is 0 Å². The van der Waals surface area contributed by atoms with E-state index in [2.05, 4.69) is 4.98 Å². The lowest BCUT2D eigenvalue weighted by molar-refractivity contribution is 0.450. The smallest absolute Gasteiger partial charge is 0.313 e. The first-order valence-corrected chi connectivity index (χ1v) is 4.72. The molecule has 0 atom stereocenters. The van der Waals surface area contributed by atoms with Crippen LogP contribution in [0.1, 0.15) is 0 Å². The number of benzene rings is 1. The molecule has 5 nitrogen and oxygen atoms in total. The van der Waals surface area contributed by atoms with Crippen molar-refractivity contribution in [3.8, 4) is 11.6 Å². The van der Waals surface area contributed by atoms with Gasteiger partial charge in [0.25, 0.3) is 5.88 Å². The van der Waals surface area contributed by atoms with E-state index in [1.54, 1.807) is 37.5 Å². The standard InChI is InChI=1S/C11H11N3O2/c1-14-7-6-13-10(11(14)15)16-9-5-3-2-4-8(9)12/h2-7H,12H2,1H3. The number of anilines is 1. The highest BCUT2D eigenvalue weighted by molar-refractivity contribution is 5.52. The number of para-hydroxylation sites is 2. The monoisotopic (exact) mass is 217 g/mol. The number of hydrogen-bond acceptors (Lipinski definition) is 4. The average Bonchev–Trinajstić information content (AvgIpc) is 2.28. The maximum atomic E-state index is 11.6. The van der Waals surface area contributed by atoms with Crippen molar-refractivity contribution in [2.24, 2.45) is 7.05 Å². The Bertz CT molecular complexity index is 563. The highest BCUT2D eigenvalue weighted by atomic mass is 16.5. The molecule has 1 aromatic carbocycles. The minimum absolute atomic E-state index is 0.0166. The van der Waals surface area contributed by atoms with Crippen molar-refractivity contribution in [2.75, 3.05) is 5.73 Å². The van der Waals surface area contributed by atoms with Gasteiger partial charge in [-0.3, -0.25) is 4.79 Å². The van der Waals surface area contributed by atoms with E-state index in [4.69, 9.17) is 10.5 Å². The molecule has 0 aliphatic carbocycles. The van der Waals surface area contributed by atoms with Gasteiger partial charge in [0.05, 0.1) is 5.69 Å². The summed E-state index contributed by atoms with van der Waals surface area (Å²) in [7, 11) is 1.63. The summed E-state index contributed by atoms with van der Waals surface area (Å²) in [6.07, 6.45) is 3.05. The van der Waals surface area contributed by atoms with Crippen LogP contribution in [-0.4, -0.2) is 9.55 Å². The molecule has 16 heavy (non-hydrogen) atoms. The molecule has 0 bridgehead atoms. The summed E-state index contributed by atoms with van der Waals surface area (Å²) < 4.78 is 6.74. The van der Waals surface area contributed by atoms with E-state index in [1.165, 1.54) is 10.8 Å². The first kappa shape index (κ1) is 10.2. The number of aryl methyl sites for hydroxylation is 1. The Labute approximate surface area is 92.1 Å². The Morgan fingerprint density at radius 2 is 2.12 bits per heavy atom. The largest absolute Gasteiger partial charge is 0.432 e. The van der Waals surface area contributed by atoms with Crippen LogP contribution in [0, 0.1) is 0 Å². The predicted molar refractivity (Wildman–Crippen MR) is 60.4 cm³/mol. The molecule has 0 fully saturated rings. The van der Waals surface area contributed by atoms with Crippen molar-refractivity contribution in [3.63, 3.8) is 0 Å². The third-order valence-electron chi connectivity index (χ3n) is 2.11. The van der Waals surface area contributed by atoms with Crippen LogP contribution in [0.3, 0.4) is 0 Å². The molecule has 2 N–H and O–H groups in total. The molecular formula is C11H11N3O2. The van der Waals surface area contributed by atoms with E-state index in [9.17, 15) is 4.79 Å². The first-order chi connectivity index (χ1) is 7.68. The first-order valence-electron chi connectivity index (χ1n) is 4.72. The zero-order valence-electron chi connectivity index (χ0n) is 8.75. The summed E-state index contributed by atoms with van der Waals surface area (Å²) in [5, 5.41) is 0. The van der Waals surface area contributed by atoms with Crippen LogP contribution in [0.4, 0.5) is 5.69 Å². The lowest BCUT2D eigenvalue weighted by Crippen LogP contribution is -2.18. The number of aromatic nitrogens is 2. The van der Waals surface area contributed by atoms with Gasteiger partial charge in [-0.05, 0) is 12.1 Å². The summed E-state index contributed by atoms with van der Waals surface area (Å²) in [4.78, 5) is 15.5. The molecule has 2 aromatic rings. The fraction of sp³-hybridized carbons (Fsp3) is 0.0909. The Hall–Kier alpha value is -2.30. The Morgan fingerprint density at radius 3 is 2.88 bits per heavy atom. The highest BCUT2D eigenvalue weighted by Gasteiger charge is 2.06. The Kier molecular flexibility index (Phi) is 2.59. The average molecular weight is 217 g/mol. The van der Waals surface area contributed by atoms with Crippen molar-refractivity contribution in [2.45, 2.75) is 0 Å². The van der Waals surface area contributed by atoms with Gasteiger partial charge in [-0.25, -0.2) is 4.98 Å². The Morgan fingerprint density at radius 1 is 1.38 bits per heavy atom. The molecule has 0 amide bonds. The van der Waals surface area contributed by atoms with Gasteiger partial charge in [0.1, 0.15) is 0 Å². The molecule has 0 saturated heterocycles. The number of nitrogens with two attached hydrogens (primary N) is 1. The molecule has 1 aromatic heterocycles. The van der Waals surface area contributed by atoms with E-state index in [0.717, 1.165) is 0 Å². The molecule has 82 valence electrons. The lowest BCUT2D eigenvalue weighted by atomic mass is 10.3. The fourth-order valence-corrected chi connectivity index (χ4v) is 1.22. The minimum atomic E-state index is -0.300. The van der Waals surface area contributed by atoms with Gasteiger partial charge in [0.2, 0.25) is 0 Å². The number of nitrogens with zero attached hydrogens (tertiary/aromatic N) is 2. The zero-order chi connectivity index (χ0) is 11.5. The van der Waals surface area contributed by atoms with E-state index >= 15 is 0 Å². The molecule has 1 heterocycles. The van der Waals surface area contributed by atoms with Gasteiger partial charge in [0, 0.05) is 19.4 Å². The van der Waals surface area contributed by atoms with E-state index in [1.807, 2.05) is 0 Å². The van der Waals surface area contributed by atoms with Gasteiger partial charge in [0.15, 0.2) is 5.75 Å². The van der Waals surface area contributed by atoms with Crippen molar-refractivity contribution in [3.05, 3.63) is 47.0 Å². The van der Waals surface area contributed by atoms with Crippen LogP contribution in [0.15, 0.2) is 41.5 Å². The van der Waals surface area contributed by atoms with E-state index < -0.39 is 0 Å². The molecule has 5 heteroatoms. The molecule has 0 radical (unpaired) electrons. The van der Waals surface area contributed by atoms with E-state index in [0.29, 0.717) is 11.4 Å². The molecule has 0 unspecified atom stereocenters. The molecule has 0 saturated carbocycles. The summed E-state index contributed by atoms with van der Waals surface area (Å²) in [6, 6.07) is 6.95. The maximum Gasteiger partial charge on any atom is 0.313 e. The second-order valence-electron chi connectivity index (χ2n) is 3.29. The second kappa shape index (κ2) is 4.06. The lowest BCUT2D eigenvalue weighted by Gasteiger charge is -2.06. The van der Waals surface area contributed by atoms with Crippen LogP contribution in [-0.2, 0) is 7.05 Å². The van der Waals surface area contributed by atoms with Crippen LogP contribution in [0.25, 0.3) is 0 Å². The molecule has 2 rings (SSSR count). The van der Waals surface area contributed by atoms with Gasteiger partial charge < -0.3 is 15.0 Å². The number of rotatable bonds is 2. The fourth-order valence-electron chi connectivity index (χ4n) is 1.22. The number of ether oxygens (including phenoxy) is 1. The minimum Gasteiger partial charge on any atom is -0.432 e. The molecule has 0 spiro atoms. The summed E-state index contributed by atoms with van der Waals surface area (Å²) in [6.45, 7) is 0. The topological polar surface area (TPSA) is 70.1 Å². The van der Waals surface area contributed by atoms with Crippen LogP contribution in [0.5, 0.6) is 11.6 Å². The highest BCUT2D eigenvalue weighted by Crippen LogP contribution is 2.23. The maximum absolute atomic E-state index is 11.6. The van der Waals surface area contributed by atoms with Gasteiger partial charge >= 0.3 is 5.56 Å². The summed E-state index contributed by atoms with van der Waals surface area (Å²) in [5.41, 5.74) is 5.86. The SMILES string of the molecule is Cn1ccnc(Oc2ccccc2N)c1=O. The molecule has 0 aliphatic heterocycles. The Balaban J connectivity index is 2.39. The number of hydrogen-bond donors (Lipinski definition) is 1. The molecule has 0 aliphatic rings. The van der Waals surface area contributed by atoms with Crippen molar-refractivity contribution in [1.29, 1.82) is 0 Å². The van der Waals surface area contributed by atoms with Crippen molar-refractivity contribution in [1.82, 2.24) is 9.55 Å². The van der Waals surface area contributed by atoms with Gasteiger partial charge in [-0.2, -0.15) is 0 Å². The third kappa shape index (κ3) is 1.88. The van der Waals surface area contributed by atoms with Gasteiger partial charge in [-0.15, -0.1) is 0 Å². The summed E-state index contributed by atoms with van der Waals surface area (Å²) >= 11 is 0. The van der Waals surface area contributed by atoms with Gasteiger partial charge in [-0.1, -0.05) is 12.1 Å². The second-order valence-corrected chi connectivity index (χ2v) is 3.29. The summed E-state index contributed by atoms with van der Waals surface area (Å²) in [5.74, 6) is 0.446. The van der Waals surface area contributed by atoms with E-state index in [-0.39, 0.29) is 11.4 Å². The quantitative estimate of drug-likeness (QED) is 0.766. The normalized spacial score (nSPS) is 10.1. The van der Waals surface area contributed by atoms with Crippen molar-refractivity contribution >= 4 is 5.69 Å². The zero-order valence-corrected chi connectivity index (χ0v) is 8.75. The van der Waals surface area contributed by atoms with Crippen molar-refractivity contribution < 1.29 is 4.74 Å². The molecular weight excluding hydrogens is 206 g/mol.